The minimum absolute atomic E-state index is 0.179. The van der Waals surface area contributed by atoms with Gasteiger partial charge in [0.25, 0.3) is 0 Å². The molecule has 126 valence electrons. The summed E-state index contributed by atoms with van der Waals surface area (Å²) in [4.78, 5) is 22.6. The van der Waals surface area contributed by atoms with Crippen molar-refractivity contribution in [2.45, 2.75) is 31.7 Å². The summed E-state index contributed by atoms with van der Waals surface area (Å²) in [6.45, 7) is 1.59. The number of nitrogens with zero attached hydrogens (tertiary/aromatic N) is 3. The molecular weight excluding hydrogens is 302 g/mol. The highest BCUT2D eigenvalue weighted by molar-refractivity contribution is 5.78. The smallest absolute Gasteiger partial charge is 0.227 e. The molecule has 0 bridgehead atoms. The monoisotopic (exact) mass is 325 g/mol. The molecule has 3 rings (SSSR count). The lowest BCUT2D eigenvalue weighted by molar-refractivity contribution is -0.130. The third-order valence-electron chi connectivity index (χ3n) is 4.32. The molecule has 0 radical (unpaired) electrons. The van der Waals surface area contributed by atoms with E-state index in [0.717, 1.165) is 43.6 Å². The van der Waals surface area contributed by atoms with Gasteiger partial charge in [0.05, 0.1) is 18.3 Å². The number of pyridine rings is 2. The summed E-state index contributed by atoms with van der Waals surface area (Å²) in [7, 11) is 0. The van der Waals surface area contributed by atoms with Crippen molar-refractivity contribution in [3.63, 3.8) is 0 Å². The number of anilines is 2. The van der Waals surface area contributed by atoms with Gasteiger partial charge in [0, 0.05) is 31.5 Å². The van der Waals surface area contributed by atoms with Gasteiger partial charge in [-0.1, -0.05) is 6.07 Å². The van der Waals surface area contributed by atoms with Crippen molar-refractivity contribution in [3.8, 4) is 0 Å². The number of nitrogens with two attached hydrogens (primary N) is 1. The normalized spacial score (nSPS) is 18.0. The highest BCUT2D eigenvalue weighted by atomic mass is 16.2. The maximum atomic E-state index is 12.5. The van der Waals surface area contributed by atoms with Crippen LogP contribution in [-0.2, 0) is 11.2 Å². The van der Waals surface area contributed by atoms with Gasteiger partial charge >= 0.3 is 0 Å². The van der Waals surface area contributed by atoms with Crippen LogP contribution in [0, 0.1) is 0 Å². The Bertz CT molecular complexity index is 659. The molecule has 24 heavy (non-hydrogen) atoms. The number of aromatic nitrogens is 2. The van der Waals surface area contributed by atoms with E-state index in [1.807, 2.05) is 23.1 Å². The molecule has 0 spiro atoms. The van der Waals surface area contributed by atoms with E-state index in [1.54, 1.807) is 24.7 Å². The number of carbonyl (C=O) groups excluding carboxylic acids is 1. The first-order valence-corrected chi connectivity index (χ1v) is 8.35. The first kappa shape index (κ1) is 16.2. The molecule has 1 saturated heterocycles. The third-order valence-corrected chi connectivity index (χ3v) is 4.32. The zero-order valence-electron chi connectivity index (χ0n) is 13.7. The van der Waals surface area contributed by atoms with Crippen LogP contribution in [0.5, 0.6) is 0 Å². The Hall–Kier alpha value is -2.63. The third kappa shape index (κ3) is 4.44. The van der Waals surface area contributed by atoms with Gasteiger partial charge in [-0.25, -0.2) is 4.98 Å². The Morgan fingerprint density at radius 3 is 2.92 bits per heavy atom. The van der Waals surface area contributed by atoms with Gasteiger partial charge in [-0.2, -0.15) is 0 Å². The van der Waals surface area contributed by atoms with Crippen LogP contribution in [0.3, 0.4) is 0 Å². The number of amides is 1. The van der Waals surface area contributed by atoms with Crippen LogP contribution in [0.1, 0.15) is 24.8 Å². The van der Waals surface area contributed by atoms with Crippen LogP contribution >= 0.6 is 0 Å². The predicted molar refractivity (Wildman–Crippen MR) is 94.4 cm³/mol. The molecule has 3 N–H and O–H groups in total. The molecule has 1 fully saturated rings. The average Bonchev–Trinajstić information content (AvgIpc) is 2.83. The summed E-state index contributed by atoms with van der Waals surface area (Å²) in [6.07, 6.45) is 8.64. The second-order valence-corrected chi connectivity index (χ2v) is 6.16. The zero-order chi connectivity index (χ0) is 16.8. The topological polar surface area (TPSA) is 84.1 Å². The van der Waals surface area contributed by atoms with Crippen LogP contribution in [0.2, 0.25) is 0 Å². The molecule has 1 aliphatic rings. The van der Waals surface area contributed by atoms with Crippen molar-refractivity contribution in [3.05, 3.63) is 48.4 Å². The summed E-state index contributed by atoms with van der Waals surface area (Å²) in [5.74, 6) is 0.700. The van der Waals surface area contributed by atoms with E-state index in [1.165, 1.54) is 0 Å². The molecule has 3 heterocycles. The molecule has 6 heteroatoms. The number of nitrogens with one attached hydrogen (secondary N) is 1. The van der Waals surface area contributed by atoms with Crippen molar-refractivity contribution >= 4 is 17.4 Å². The fraction of sp³-hybridized carbons (Fsp3) is 0.389. The number of nitrogen functional groups attached to an aromatic ring is 1. The molecule has 0 unspecified atom stereocenters. The second kappa shape index (κ2) is 7.77. The van der Waals surface area contributed by atoms with Crippen molar-refractivity contribution in [2.24, 2.45) is 0 Å². The summed E-state index contributed by atoms with van der Waals surface area (Å²) >= 11 is 0. The van der Waals surface area contributed by atoms with Gasteiger partial charge in [0.2, 0.25) is 5.91 Å². The molecule has 2 aromatic heterocycles. The highest BCUT2D eigenvalue weighted by Crippen LogP contribution is 2.17. The summed E-state index contributed by atoms with van der Waals surface area (Å²) < 4.78 is 0. The Morgan fingerprint density at radius 2 is 2.17 bits per heavy atom. The average molecular weight is 325 g/mol. The standard InChI is InChI=1S/C18H23N5O/c19-17-6-5-16(13-21-17)22-15-4-2-9-23(10-7-15)18(24)11-14-3-1-8-20-12-14/h1,3,5-6,8,12-13,15,22H,2,4,7,9-11H2,(H2,19,21)/t15-/m0/s1. The number of hydrogen-bond acceptors (Lipinski definition) is 5. The van der Waals surface area contributed by atoms with Gasteiger partial charge in [0.1, 0.15) is 5.82 Å². The van der Waals surface area contributed by atoms with E-state index in [9.17, 15) is 4.79 Å². The number of hydrogen-bond donors (Lipinski definition) is 2. The number of rotatable bonds is 4. The molecule has 1 aliphatic heterocycles. The van der Waals surface area contributed by atoms with Gasteiger partial charge < -0.3 is 16.0 Å². The van der Waals surface area contributed by atoms with Crippen LogP contribution < -0.4 is 11.1 Å². The molecule has 2 aromatic rings. The van der Waals surface area contributed by atoms with Crippen LogP contribution in [0.25, 0.3) is 0 Å². The van der Waals surface area contributed by atoms with Crippen molar-refractivity contribution in [1.82, 2.24) is 14.9 Å². The summed E-state index contributed by atoms with van der Waals surface area (Å²) in [5.41, 5.74) is 7.56. The highest BCUT2D eigenvalue weighted by Gasteiger charge is 2.20. The quantitative estimate of drug-likeness (QED) is 0.899. The fourth-order valence-corrected chi connectivity index (χ4v) is 3.01. The van der Waals surface area contributed by atoms with Gasteiger partial charge in [0.15, 0.2) is 0 Å². The van der Waals surface area contributed by atoms with Crippen LogP contribution in [-0.4, -0.2) is 39.9 Å². The number of likely N-dealkylation sites (tertiary alicyclic amines) is 1. The van der Waals surface area contributed by atoms with Gasteiger partial charge in [-0.3, -0.25) is 9.78 Å². The Kier molecular flexibility index (Phi) is 5.25. The van der Waals surface area contributed by atoms with Crippen molar-refractivity contribution in [2.75, 3.05) is 24.1 Å². The van der Waals surface area contributed by atoms with E-state index in [0.29, 0.717) is 18.3 Å². The van der Waals surface area contributed by atoms with Gasteiger partial charge in [-0.15, -0.1) is 0 Å². The first-order chi connectivity index (χ1) is 11.7. The molecule has 0 aliphatic carbocycles. The minimum Gasteiger partial charge on any atom is -0.384 e. The lowest BCUT2D eigenvalue weighted by Gasteiger charge is -2.21. The second-order valence-electron chi connectivity index (χ2n) is 6.16. The SMILES string of the molecule is Nc1ccc(N[C@H]2CCCN(C(=O)Cc3cccnc3)CC2)cn1. The largest absolute Gasteiger partial charge is 0.384 e. The molecule has 6 nitrogen and oxygen atoms in total. The van der Waals surface area contributed by atoms with Crippen LogP contribution in [0.15, 0.2) is 42.9 Å². The predicted octanol–water partition coefficient (Wildman–Crippen LogP) is 2.09. The van der Waals surface area contributed by atoms with E-state index in [4.69, 9.17) is 5.73 Å². The minimum atomic E-state index is 0.179. The maximum absolute atomic E-state index is 12.5. The summed E-state index contributed by atoms with van der Waals surface area (Å²) in [6, 6.07) is 7.90. The Balaban J connectivity index is 1.52. The molecule has 0 saturated carbocycles. The van der Waals surface area contributed by atoms with Crippen molar-refractivity contribution in [1.29, 1.82) is 0 Å². The van der Waals surface area contributed by atoms with E-state index in [2.05, 4.69) is 15.3 Å². The zero-order valence-corrected chi connectivity index (χ0v) is 13.7. The maximum Gasteiger partial charge on any atom is 0.227 e. The van der Waals surface area contributed by atoms with E-state index >= 15 is 0 Å². The Morgan fingerprint density at radius 1 is 1.25 bits per heavy atom. The van der Waals surface area contributed by atoms with Gasteiger partial charge in [-0.05, 0) is 43.0 Å². The first-order valence-electron chi connectivity index (χ1n) is 8.35. The summed E-state index contributed by atoms with van der Waals surface area (Å²) in [5, 5.41) is 3.49. The lowest BCUT2D eigenvalue weighted by atomic mass is 10.1. The van der Waals surface area contributed by atoms with E-state index < -0.39 is 0 Å². The molecule has 1 amide bonds. The molecular formula is C18H23N5O. The molecule has 0 aromatic carbocycles. The fourth-order valence-electron chi connectivity index (χ4n) is 3.01. The van der Waals surface area contributed by atoms with Crippen molar-refractivity contribution < 1.29 is 4.79 Å². The van der Waals surface area contributed by atoms with E-state index in [-0.39, 0.29) is 5.91 Å². The molecule has 1 atom stereocenters. The number of carbonyl (C=O) groups is 1. The lowest BCUT2D eigenvalue weighted by Crippen LogP contribution is -2.33. The Labute approximate surface area is 142 Å². The van der Waals surface area contributed by atoms with Crippen LogP contribution in [0.4, 0.5) is 11.5 Å².